The average Bonchev–Trinajstić information content (AvgIpc) is 2.54. The average molecular weight is 343 g/mol. The highest BCUT2D eigenvalue weighted by Crippen LogP contribution is 2.22. The number of hydrogen-bond acceptors (Lipinski definition) is 4. The Morgan fingerprint density at radius 3 is 2.42 bits per heavy atom. The van der Waals surface area contributed by atoms with E-state index in [0.717, 1.165) is 5.56 Å². The summed E-state index contributed by atoms with van der Waals surface area (Å²) in [4.78, 5) is 23.8. The van der Waals surface area contributed by atoms with E-state index in [1.807, 2.05) is 13.0 Å². The minimum Gasteiger partial charge on any atom is -0.496 e. The van der Waals surface area contributed by atoms with E-state index >= 15 is 0 Å². The molecule has 0 heterocycles. The molecular weight excluding hydrogens is 326 g/mol. The number of ether oxygens (including phenoxy) is 1. The van der Waals surface area contributed by atoms with Gasteiger partial charge < -0.3 is 15.8 Å². The fourth-order valence-corrected chi connectivity index (χ4v) is 2.44. The lowest BCUT2D eigenvalue weighted by atomic mass is 10.1. The smallest absolute Gasteiger partial charge is 0.261 e. The molecule has 124 valence electrons. The third-order valence-corrected chi connectivity index (χ3v) is 3.53. The summed E-state index contributed by atoms with van der Waals surface area (Å²) in [6.07, 6.45) is 0. The van der Waals surface area contributed by atoms with E-state index in [9.17, 15) is 9.59 Å². The van der Waals surface area contributed by atoms with Gasteiger partial charge in [0.2, 0.25) is 0 Å². The predicted octanol–water partition coefficient (Wildman–Crippen LogP) is 2.23. The van der Waals surface area contributed by atoms with E-state index in [-0.39, 0.29) is 10.7 Å². The Morgan fingerprint density at radius 1 is 1.08 bits per heavy atom. The van der Waals surface area contributed by atoms with E-state index < -0.39 is 11.8 Å². The number of rotatable bonds is 4. The van der Waals surface area contributed by atoms with Gasteiger partial charge in [0.25, 0.3) is 11.8 Å². The van der Waals surface area contributed by atoms with Crippen LogP contribution >= 0.6 is 12.2 Å². The van der Waals surface area contributed by atoms with Crippen molar-refractivity contribution in [1.82, 2.24) is 5.32 Å². The van der Waals surface area contributed by atoms with Crippen LogP contribution in [-0.4, -0.2) is 24.0 Å². The van der Waals surface area contributed by atoms with Crippen LogP contribution in [0.1, 0.15) is 26.3 Å². The molecule has 0 fully saturated rings. The van der Waals surface area contributed by atoms with E-state index in [1.165, 1.54) is 7.11 Å². The van der Waals surface area contributed by atoms with Crippen LogP contribution < -0.4 is 21.1 Å². The molecular formula is C17H17N3O3S. The number of anilines is 1. The summed E-state index contributed by atoms with van der Waals surface area (Å²) in [5, 5.41) is 5.42. The first-order valence-electron chi connectivity index (χ1n) is 7.08. The number of para-hydroxylation sites is 2. The summed E-state index contributed by atoms with van der Waals surface area (Å²) >= 11 is 5.13. The van der Waals surface area contributed by atoms with E-state index in [0.29, 0.717) is 17.0 Å². The number of carbonyl (C=O) groups is 2. The number of nitrogens with one attached hydrogen (secondary N) is 2. The zero-order chi connectivity index (χ0) is 17.7. The van der Waals surface area contributed by atoms with Gasteiger partial charge in [0.15, 0.2) is 5.11 Å². The lowest BCUT2D eigenvalue weighted by Gasteiger charge is -2.14. The molecule has 0 aliphatic carbocycles. The van der Waals surface area contributed by atoms with Crippen LogP contribution in [0.4, 0.5) is 5.69 Å². The molecule has 2 amide bonds. The zero-order valence-electron chi connectivity index (χ0n) is 13.3. The number of amides is 2. The Kier molecular flexibility index (Phi) is 5.49. The highest BCUT2D eigenvalue weighted by Gasteiger charge is 2.16. The number of benzene rings is 2. The summed E-state index contributed by atoms with van der Waals surface area (Å²) in [5.74, 6) is -0.521. The Bertz CT molecular complexity index is 805. The maximum atomic E-state index is 12.4. The molecule has 0 aliphatic heterocycles. The molecule has 0 saturated heterocycles. The van der Waals surface area contributed by atoms with Crippen molar-refractivity contribution in [3.8, 4) is 5.75 Å². The molecule has 0 aromatic heterocycles. The summed E-state index contributed by atoms with van der Waals surface area (Å²) in [6.45, 7) is 1.84. The summed E-state index contributed by atoms with van der Waals surface area (Å²) in [6, 6.07) is 11.9. The second-order valence-corrected chi connectivity index (χ2v) is 5.38. The molecule has 0 saturated carbocycles. The van der Waals surface area contributed by atoms with Crippen LogP contribution in [0.25, 0.3) is 0 Å². The van der Waals surface area contributed by atoms with Gasteiger partial charge in [-0.05, 0) is 42.9 Å². The third-order valence-electron chi connectivity index (χ3n) is 3.33. The van der Waals surface area contributed by atoms with Gasteiger partial charge in [0, 0.05) is 0 Å². The molecule has 0 atom stereocenters. The number of aryl methyl sites for hydroxylation is 1. The molecule has 0 bridgehead atoms. The molecule has 0 aliphatic rings. The summed E-state index contributed by atoms with van der Waals surface area (Å²) in [7, 11) is 1.50. The number of methoxy groups -OCH3 is 1. The maximum Gasteiger partial charge on any atom is 0.261 e. The van der Waals surface area contributed by atoms with Gasteiger partial charge >= 0.3 is 0 Å². The molecule has 0 radical (unpaired) electrons. The van der Waals surface area contributed by atoms with Gasteiger partial charge in [-0.1, -0.05) is 24.3 Å². The van der Waals surface area contributed by atoms with Crippen molar-refractivity contribution in [2.75, 3.05) is 12.4 Å². The molecule has 2 rings (SSSR count). The Morgan fingerprint density at radius 2 is 1.75 bits per heavy atom. The van der Waals surface area contributed by atoms with Gasteiger partial charge in [-0.25, -0.2) is 0 Å². The van der Waals surface area contributed by atoms with Gasteiger partial charge in [0.1, 0.15) is 5.75 Å². The SMILES string of the molecule is COc1c(C)cccc1C(=O)NC(=S)Nc1ccccc1C(N)=O. The fraction of sp³-hybridized carbons (Fsp3) is 0.118. The Hall–Kier alpha value is -2.93. The normalized spacial score (nSPS) is 9.92. The number of carbonyl (C=O) groups excluding carboxylic acids is 2. The van der Waals surface area contributed by atoms with Gasteiger partial charge in [-0.15, -0.1) is 0 Å². The number of primary amides is 1. The van der Waals surface area contributed by atoms with Crippen LogP contribution in [-0.2, 0) is 0 Å². The third kappa shape index (κ3) is 3.88. The van der Waals surface area contributed by atoms with Crippen LogP contribution in [0, 0.1) is 6.92 Å². The van der Waals surface area contributed by atoms with Gasteiger partial charge in [-0.3, -0.25) is 14.9 Å². The first-order valence-corrected chi connectivity index (χ1v) is 7.49. The van der Waals surface area contributed by atoms with Crippen molar-refractivity contribution in [3.63, 3.8) is 0 Å². The molecule has 6 nitrogen and oxygen atoms in total. The molecule has 24 heavy (non-hydrogen) atoms. The lowest BCUT2D eigenvalue weighted by Crippen LogP contribution is -2.35. The molecule has 4 N–H and O–H groups in total. The molecule has 2 aromatic rings. The minimum atomic E-state index is -0.590. The number of hydrogen-bond donors (Lipinski definition) is 3. The quantitative estimate of drug-likeness (QED) is 0.740. The van der Waals surface area contributed by atoms with Gasteiger partial charge in [-0.2, -0.15) is 0 Å². The van der Waals surface area contributed by atoms with Crippen molar-refractivity contribution in [2.45, 2.75) is 6.92 Å². The van der Waals surface area contributed by atoms with Crippen molar-refractivity contribution in [1.29, 1.82) is 0 Å². The largest absolute Gasteiger partial charge is 0.496 e. The van der Waals surface area contributed by atoms with E-state index in [1.54, 1.807) is 36.4 Å². The lowest BCUT2D eigenvalue weighted by molar-refractivity contribution is 0.0972. The van der Waals surface area contributed by atoms with E-state index in [2.05, 4.69) is 10.6 Å². The first kappa shape index (κ1) is 17.4. The summed E-state index contributed by atoms with van der Waals surface area (Å²) in [5.41, 5.74) is 7.22. The Balaban J connectivity index is 2.15. The molecule has 0 unspecified atom stereocenters. The highest BCUT2D eigenvalue weighted by atomic mass is 32.1. The first-order chi connectivity index (χ1) is 11.4. The maximum absolute atomic E-state index is 12.4. The zero-order valence-corrected chi connectivity index (χ0v) is 14.1. The molecule has 2 aromatic carbocycles. The van der Waals surface area contributed by atoms with Crippen molar-refractivity contribution >= 4 is 34.8 Å². The van der Waals surface area contributed by atoms with Crippen molar-refractivity contribution < 1.29 is 14.3 Å². The second-order valence-electron chi connectivity index (χ2n) is 4.97. The molecule has 0 spiro atoms. The number of thiocarbonyl (C=S) groups is 1. The van der Waals surface area contributed by atoms with Crippen LogP contribution in [0.5, 0.6) is 5.75 Å². The van der Waals surface area contributed by atoms with Crippen molar-refractivity contribution in [3.05, 3.63) is 59.2 Å². The predicted molar refractivity (Wildman–Crippen MR) is 96.4 cm³/mol. The number of nitrogens with two attached hydrogens (primary N) is 1. The minimum absolute atomic E-state index is 0.0530. The monoisotopic (exact) mass is 343 g/mol. The summed E-state index contributed by atoms with van der Waals surface area (Å²) < 4.78 is 5.26. The second kappa shape index (κ2) is 7.56. The van der Waals surface area contributed by atoms with Gasteiger partial charge in [0.05, 0.1) is 23.9 Å². The van der Waals surface area contributed by atoms with Crippen LogP contribution in [0.15, 0.2) is 42.5 Å². The molecule has 7 heteroatoms. The van der Waals surface area contributed by atoms with Crippen LogP contribution in [0.2, 0.25) is 0 Å². The highest BCUT2D eigenvalue weighted by molar-refractivity contribution is 7.80. The fourth-order valence-electron chi connectivity index (χ4n) is 2.23. The standard InChI is InChI=1S/C17H17N3O3S/c1-10-6-5-8-12(14(10)23-2)16(22)20-17(24)19-13-9-4-3-7-11(13)15(18)21/h3-9H,1-2H3,(H2,18,21)(H2,19,20,22,24). The Labute approximate surface area is 145 Å². The topological polar surface area (TPSA) is 93.4 Å². The van der Waals surface area contributed by atoms with Crippen molar-refractivity contribution in [2.24, 2.45) is 5.73 Å². The van der Waals surface area contributed by atoms with Crippen LogP contribution in [0.3, 0.4) is 0 Å². The van der Waals surface area contributed by atoms with E-state index in [4.69, 9.17) is 22.7 Å².